The molecule has 6 heteroatoms. The second-order valence-electron chi connectivity index (χ2n) is 7.56. The Hall–Kier alpha value is -1.79. The van der Waals surface area contributed by atoms with Crippen molar-refractivity contribution < 1.29 is 19.7 Å². The number of phenolic OH excluding ortho intramolecular Hbond substituents is 1. The molecule has 1 aromatic rings. The van der Waals surface area contributed by atoms with Gasteiger partial charge in [-0.25, -0.2) is 0 Å². The van der Waals surface area contributed by atoms with Gasteiger partial charge in [-0.15, -0.1) is 0 Å². The fraction of sp³-hybridized carbons (Fsp3) is 0.650. The summed E-state index contributed by atoms with van der Waals surface area (Å²) in [6, 6.07) is 5.43. The monoisotopic (exact) mass is 362 g/mol. The minimum atomic E-state index is -0.657. The Kier molecular flexibility index (Phi) is 5.73. The lowest BCUT2D eigenvalue weighted by molar-refractivity contribution is -0.128. The first kappa shape index (κ1) is 19.0. The number of benzene rings is 1. The molecule has 26 heavy (non-hydrogen) atoms. The molecule has 2 fully saturated rings. The van der Waals surface area contributed by atoms with E-state index in [1.807, 2.05) is 19.1 Å². The first-order valence-electron chi connectivity index (χ1n) is 9.65. The third-order valence-corrected chi connectivity index (χ3v) is 5.94. The lowest BCUT2D eigenvalue weighted by atomic mass is 9.66. The van der Waals surface area contributed by atoms with Crippen LogP contribution in [0.5, 0.6) is 11.5 Å². The summed E-state index contributed by atoms with van der Waals surface area (Å²) < 4.78 is 5.56. The van der Waals surface area contributed by atoms with Crippen LogP contribution < -0.4 is 10.5 Å². The summed E-state index contributed by atoms with van der Waals surface area (Å²) in [6.07, 6.45) is 4.97. The zero-order valence-electron chi connectivity index (χ0n) is 15.5. The van der Waals surface area contributed by atoms with Crippen LogP contribution in [-0.2, 0) is 4.79 Å². The van der Waals surface area contributed by atoms with Crippen molar-refractivity contribution in [1.82, 2.24) is 4.90 Å². The molecule has 1 heterocycles. The molecule has 1 aliphatic heterocycles. The van der Waals surface area contributed by atoms with E-state index >= 15 is 0 Å². The number of primary amides is 1. The summed E-state index contributed by atoms with van der Waals surface area (Å²) in [5, 5.41) is 21.3. The second-order valence-corrected chi connectivity index (χ2v) is 7.56. The van der Waals surface area contributed by atoms with Crippen molar-refractivity contribution >= 4 is 5.91 Å². The lowest BCUT2D eigenvalue weighted by Gasteiger charge is -2.52. The molecule has 1 aromatic carbocycles. The van der Waals surface area contributed by atoms with Crippen molar-refractivity contribution in [2.75, 3.05) is 19.7 Å². The molecular weight excluding hydrogens is 332 g/mol. The van der Waals surface area contributed by atoms with Gasteiger partial charge in [0.1, 0.15) is 0 Å². The van der Waals surface area contributed by atoms with Crippen LogP contribution in [0.3, 0.4) is 0 Å². The summed E-state index contributed by atoms with van der Waals surface area (Å²) in [4.78, 5) is 13.6. The van der Waals surface area contributed by atoms with Gasteiger partial charge in [-0.1, -0.05) is 18.9 Å². The molecule has 1 amide bonds. The Morgan fingerprint density at radius 3 is 2.92 bits per heavy atom. The summed E-state index contributed by atoms with van der Waals surface area (Å²) in [5.41, 5.74) is 5.72. The molecule has 0 bridgehead atoms. The highest BCUT2D eigenvalue weighted by molar-refractivity contribution is 5.73. The molecule has 1 saturated heterocycles. The van der Waals surface area contributed by atoms with E-state index in [9.17, 15) is 15.0 Å². The van der Waals surface area contributed by atoms with Gasteiger partial charge in [0.25, 0.3) is 0 Å². The van der Waals surface area contributed by atoms with E-state index < -0.39 is 5.60 Å². The van der Waals surface area contributed by atoms with Crippen LogP contribution in [-0.4, -0.2) is 46.3 Å². The number of ether oxygens (including phenoxy) is 1. The van der Waals surface area contributed by atoms with Crippen LogP contribution in [0.25, 0.3) is 0 Å². The number of nitrogens with zero attached hydrogens (tertiary/aromatic N) is 1. The van der Waals surface area contributed by atoms with Crippen LogP contribution in [0, 0.1) is 5.92 Å². The minimum Gasteiger partial charge on any atom is -0.504 e. The molecule has 3 rings (SSSR count). The summed E-state index contributed by atoms with van der Waals surface area (Å²) in [6.45, 7) is 3.67. The Morgan fingerprint density at radius 2 is 2.19 bits per heavy atom. The quantitative estimate of drug-likeness (QED) is 0.722. The predicted molar refractivity (Wildman–Crippen MR) is 98.9 cm³/mol. The topological polar surface area (TPSA) is 96.0 Å². The van der Waals surface area contributed by atoms with E-state index in [0.29, 0.717) is 25.3 Å². The number of hydrogen-bond acceptors (Lipinski definition) is 5. The first-order chi connectivity index (χ1) is 12.4. The van der Waals surface area contributed by atoms with Crippen molar-refractivity contribution in [3.05, 3.63) is 23.8 Å². The van der Waals surface area contributed by atoms with Crippen LogP contribution >= 0.6 is 0 Å². The van der Waals surface area contributed by atoms with Gasteiger partial charge in [0.15, 0.2) is 11.5 Å². The molecule has 2 aliphatic rings. The number of likely N-dealkylation sites (tertiary alicyclic amines) is 1. The number of fused-ring (bicyclic) bond motifs is 1. The van der Waals surface area contributed by atoms with E-state index in [2.05, 4.69) is 4.90 Å². The maximum Gasteiger partial charge on any atom is 0.218 e. The van der Waals surface area contributed by atoms with E-state index in [1.54, 1.807) is 6.07 Å². The number of hydrogen-bond donors (Lipinski definition) is 3. The number of carbonyl (C=O) groups excluding carboxylic acids is 1. The van der Waals surface area contributed by atoms with Crippen molar-refractivity contribution in [3.63, 3.8) is 0 Å². The molecule has 0 radical (unpaired) electrons. The average Bonchev–Trinajstić information content (AvgIpc) is 2.61. The molecule has 3 atom stereocenters. The third-order valence-electron chi connectivity index (χ3n) is 5.94. The number of phenols is 1. The van der Waals surface area contributed by atoms with Gasteiger partial charge in [-0.2, -0.15) is 0 Å². The number of amides is 1. The molecule has 144 valence electrons. The van der Waals surface area contributed by atoms with Crippen LogP contribution in [0.4, 0.5) is 0 Å². The third kappa shape index (κ3) is 3.81. The average molecular weight is 362 g/mol. The second kappa shape index (κ2) is 7.84. The maximum atomic E-state index is 11.3. The fourth-order valence-corrected chi connectivity index (χ4v) is 4.68. The summed E-state index contributed by atoms with van der Waals surface area (Å²) in [7, 11) is 0. The van der Waals surface area contributed by atoms with E-state index in [0.717, 1.165) is 44.2 Å². The molecule has 6 nitrogen and oxygen atoms in total. The Labute approximate surface area is 154 Å². The fourth-order valence-electron chi connectivity index (χ4n) is 4.68. The standard InChI is InChI=1S/C20H30N2O4/c1-2-26-17-13-14(6-7-16(17)23)19-15-5-3-4-9-20(15,25)10-12-22(19)11-8-18(21)24/h6-7,13,15,19,23,25H,2-5,8-12H2,1H3,(H2,21,24)/t15-,19+,20+/m0/s1. The highest BCUT2D eigenvalue weighted by atomic mass is 16.5. The van der Waals surface area contributed by atoms with Crippen molar-refractivity contribution in [1.29, 1.82) is 0 Å². The van der Waals surface area contributed by atoms with E-state index in [-0.39, 0.29) is 23.6 Å². The number of aromatic hydroxyl groups is 1. The normalized spacial score (nSPS) is 29.2. The van der Waals surface area contributed by atoms with Crippen molar-refractivity contribution in [2.45, 2.75) is 57.1 Å². The number of piperidine rings is 1. The predicted octanol–water partition coefficient (Wildman–Crippen LogP) is 2.33. The number of nitrogens with two attached hydrogens (primary N) is 1. The highest BCUT2D eigenvalue weighted by Gasteiger charge is 2.48. The zero-order chi connectivity index (χ0) is 18.7. The minimum absolute atomic E-state index is 0.00629. The SMILES string of the molecule is CCOc1cc([C@@H]2[C@@H]3CCCC[C@@]3(O)CCN2CCC(N)=O)ccc1O. The zero-order valence-corrected chi connectivity index (χ0v) is 15.5. The number of rotatable bonds is 6. The van der Waals surface area contributed by atoms with Gasteiger partial charge in [-0.3, -0.25) is 9.69 Å². The largest absolute Gasteiger partial charge is 0.504 e. The van der Waals surface area contributed by atoms with Crippen LogP contribution in [0.15, 0.2) is 18.2 Å². The molecule has 1 aliphatic carbocycles. The van der Waals surface area contributed by atoms with E-state index in [4.69, 9.17) is 10.5 Å². The smallest absolute Gasteiger partial charge is 0.218 e. The molecule has 4 N–H and O–H groups in total. The highest BCUT2D eigenvalue weighted by Crippen LogP contribution is 2.50. The molecule has 0 spiro atoms. The van der Waals surface area contributed by atoms with Crippen molar-refractivity contribution in [3.8, 4) is 11.5 Å². The summed E-state index contributed by atoms with van der Waals surface area (Å²) >= 11 is 0. The maximum absolute atomic E-state index is 11.3. The van der Waals surface area contributed by atoms with E-state index in [1.165, 1.54) is 0 Å². The molecule has 0 unspecified atom stereocenters. The first-order valence-corrected chi connectivity index (χ1v) is 9.65. The van der Waals surface area contributed by atoms with Crippen LogP contribution in [0.1, 0.15) is 57.1 Å². The summed E-state index contributed by atoms with van der Waals surface area (Å²) in [5.74, 6) is 0.379. The van der Waals surface area contributed by atoms with Gasteiger partial charge >= 0.3 is 0 Å². The van der Waals surface area contributed by atoms with Gasteiger partial charge in [0.2, 0.25) is 5.91 Å². The van der Waals surface area contributed by atoms with Crippen LogP contribution in [0.2, 0.25) is 0 Å². The molecule has 0 aromatic heterocycles. The lowest BCUT2D eigenvalue weighted by Crippen LogP contribution is -2.55. The number of aliphatic hydroxyl groups is 1. The van der Waals surface area contributed by atoms with Gasteiger partial charge in [-0.05, 0) is 43.9 Å². The Balaban J connectivity index is 1.95. The van der Waals surface area contributed by atoms with Gasteiger partial charge < -0.3 is 20.7 Å². The Morgan fingerprint density at radius 1 is 1.38 bits per heavy atom. The molecular formula is C20H30N2O4. The molecule has 1 saturated carbocycles. The Bertz CT molecular complexity index is 651. The van der Waals surface area contributed by atoms with Gasteiger partial charge in [0.05, 0.1) is 12.2 Å². The van der Waals surface area contributed by atoms with Gasteiger partial charge in [0, 0.05) is 31.5 Å². The van der Waals surface area contributed by atoms with Crippen molar-refractivity contribution in [2.24, 2.45) is 11.7 Å². The number of carbonyl (C=O) groups is 1.